The lowest BCUT2D eigenvalue weighted by Gasteiger charge is -2.09. The Morgan fingerprint density at radius 2 is 2.05 bits per heavy atom. The van der Waals surface area contributed by atoms with Gasteiger partial charge in [0.25, 0.3) is 10.1 Å². The predicted octanol–water partition coefficient (Wildman–Crippen LogP) is 0.911. The van der Waals surface area contributed by atoms with Crippen LogP contribution in [0.5, 0.6) is 0 Å². The molecular formula is C13H24NO5S-. The third kappa shape index (κ3) is 12.1. The highest BCUT2D eigenvalue weighted by molar-refractivity contribution is 7.85. The molecule has 7 heteroatoms. The summed E-state index contributed by atoms with van der Waals surface area (Å²) in [6, 6.07) is 0. The summed E-state index contributed by atoms with van der Waals surface area (Å²) in [7, 11) is -4.07. The Balaban J connectivity index is 4.00. The summed E-state index contributed by atoms with van der Waals surface area (Å²) in [5, 5.41) is 20.7. The van der Waals surface area contributed by atoms with Gasteiger partial charge in [0.15, 0.2) is 0 Å². The number of rotatable bonds is 10. The first-order chi connectivity index (χ1) is 9.24. The molecule has 0 radical (unpaired) electrons. The molecule has 0 saturated carbocycles. The molecule has 0 aliphatic heterocycles. The Hall–Kier alpha value is -0.920. The van der Waals surface area contributed by atoms with Crippen LogP contribution in [0.2, 0.25) is 0 Å². The number of hydrogen-bond acceptors (Lipinski definition) is 5. The van der Waals surface area contributed by atoms with Crippen molar-refractivity contribution in [1.82, 2.24) is 0 Å². The smallest absolute Gasteiger partial charge is 0.266 e. The molecule has 0 saturated heterocycles. The van der Waals surface area contributed by atoms with Gasteiger partial charge in [0.2, 0.25) is 0 Å². The van der Waals surface area contributed by atoms with E-state index in [1.807, 2.05) is 13.8 Å². The molecule has 0 aromatic carbocycles. The van der Waals surface area contributed by atoms with Crippen molar-refractivity contribution in [3.63, 3.8) is 0 Å². The highest BCUT2D eigenvalue weighted by Crippen LogP contribution is 2.10. The molecule has 0 unspecified atom stereocenters. The van der Waals surface area contributed by atoms with Gasteiger partial charge in [-0.25, -0.2) is 0 Å². The molecule has 1 atom stereocenters. The minimum atomic E-state index is -4.07. The molecule has 2 N–H and O–H groups in total. The maximum atomic E-state index is 11.4. The van der Waals surface area contributed by atoms with Gasteiger partial charge in [-0.05, 0) is 38.5 Å². The van der Waals surface area contributed by atoms with Crippen molar-refractivity contribution in [2.24, 2.45) is 4.99 Å². The van der Waals surface area contributed by atoms with Crippen molar-refractivity contribution in [2.45, 2.75) is 52.1 Å². The molecule has 0 aliphatic carbocycles. The van der Waals surface area contributed by atoms with E-state index in [9.17, 15) is 18.6 Å². The van der Waals surface area contributed by atoms with Gasteiger partial charge in [-0.3, -0.25) is 9.55 Å². The summed E-state index contributed by atoms with van der Waals surface area (Å²) in [6.45, 7) is 3.51. The van der Waals surface area contributed by atoms with Crippen molar-refractivity contribution >= 4 is 16.0 Å². The second-order valence-electron chi connectivity index (χ2n) is 4.80. The zero-order valence-corrected chi connectivity index (χ0v) is 12.9. The van der Waals surface area contributed by atoms with Crippen LogP contribution in [0.3, 0.4) is 0 Å². The Bertz CT molecular complexity index is 428. The van der Waals surface area contributed by atoms with Crippen LogP contribution in [0, 0.1) is 0 Å². The predicted molar refractivity (Wildman–Crippen MR) is 77.2 cm³/mol. The Morgan fingerprint density at radius 1 is 1.40 bits per heavy atom. The van der Waals surface area contributed by atoms with E-state index in [0.29, 0.717) is 0 Å². The number of hydrogen-bond donors (Lipinski definition) is 2. The van der Waals surface area contributed by atoms with Crippen molar-refractivity contribution in [1.29, 1.82) is 0 Å². The molecule has 0 aromatic rings. The second-order valence-corrected chi connectivity index (χ2v) is 6.38. The van der Waals surface area contributed by atoms with Crippen LogP contribution in [-0.4, -0.2) is 42.4 Å². The van der Waals surface area contributed by atoms with Gasteiger partial charge < -0.3 is 10.2 Å². The second kappa shape index (κ2) is 9.90. The Kier molecular flexibility index (Phi) is 9.45. The van der Waals surface area contributed by atoms with Crippen LogP contribution < -0.4 is 5.11 Å². The van der Waals surface area contributed by atoms with Crippen LogP contribution in [0.1, 0.15) is 46.0 Å². The molecule has 0 aromatic heterocycles. The first-order valence-corrected chi connectivity index (χ1v) is 8.37. The number of aliphatic hydroxyl groups is 1. The fourth-order valence-electron chi connectivity index (χ4n) is 1.59. The lowest BCUT2D eigenvalue weighted by molar-refractivity contribution is -0.212. The summed E-state index contributed by atoms with van der Waals surface area (Å²) in [4.78, 5) is 3.52. The number of aliphatic imine (C=N–C) groups is 1. The third-order valence-electron chi connectivity index (χ3n) is 2.82. The van der Waals surface area contributed by atoms with Crippen LogP contribution >= 0.6 is 0 Å². The number of aliphatic hydroxyl groups excluding tert-OH is 1. The molecular weight excluding hydrogens is 282 g/mol. The normalized spacial score (nSPS) is 15.4. The lowest BCUT2D eigenvalue weighted by Crippen LogP contribution is -2.17. The largest absolute Gasteiger partial charge is 0.859 e. The van der Waals surface area contributed by atoms with E-state index in [2.05, 4.69) is 4.99 Å². The quantitative estimate of drug-likeness (QED) is 0.270. The number of allylic oxidation sites excluding steroid dienone is 1. The minimum Gasteiger partial charge on any atom is -0.859 e. The van der Waals surface area contributed by atoms with Crippen LogP contribution in [0.4, 0.5) is 0 Å². The summed E-state index contributed by atoms with van der Waals surface area (Å²) in [5.41, 5.74) is 0.872. The van der Waals surface area contributed by atoms with Gasteiger partial charge in [0, 0.05) is 0 Å². The molecule has 0 bridgehead atoms. The molecule has 0 heterocycles. The van der Waals surface area contributed by atoms with Gasteiger partial charge in [-0.1, -0.05) is 25.0 Å². The van der Waals surface area contributed by atoms with E-state index >= 15 is 0 Å². The Labute approximate surface area is 121 Å². The molecule has 0 spiro atoms. The molecule has 6 nitrogen and oxygen atoms in total. The maximum Gasteiger partial charge on any atom is 0.266 e. The molecule has 118 valence electrons. The van der Waals surface area contributed by atoms with E-state index in [1.54, 1.807) is 0 Å². The molecule has 0 amide bonds. The van der Waals surface area contributed by atoms with Crippen LogP contribution in [0.25, 0.3) is 0 Å². The average molecular weight is 306 g/mol. The van der Waals surface area contributed by atoms with Crippen molar-refractivity contribution < 1.29 is 23.2 Å². The summed E-state index contributed by atoms with van der Waals surface area (Å²) in [5.74, 6) is -1.03. The van der Waals surface area contributed by atoms with E-state index in [0.717, 1.165) is 37.7 Å². The molecule has 20 heavy (non-hydrogen) atoms. The van der Waals surface area contributed by atoms with Crippen molar-refractivity contribution in [3.8, 4) is 0 Å². The van der Waals surface area contributed by atoms with Crippen molar-refractivity contribution in [3.05, 3.63) is 11.6 Å². The van der Waals surface area contributed by atoms with E-state index < -0.39 is 21.8 Å². The summed E-state index contributed by atoms with van der Waals surface area (Å²) < 4.78 is 29.4. The van der Waals surface area contributed by atoms with Gasteiger partial charge >= 0.3 is 0 Å². The summed E-state index contributed by atoms with van der Waals surface area (Å²) >= 11 is 0. The Morgan fingerprint density at radius 3 is 2.60 bits per heavy atom. The molecule has 0 rings (SSSR count). The monoisotopic (exact) mass is 306 g/mol. The number of nitrogens with zero attached hydrogens (tertiary/aromatic N) is 1. The maximum absolute atomic E-state index is 11.4. The van der Waals surface area contributed by atoms with Gasteiger partial charge in [-0.2, -0.15) is 8.42 Å². The zero-order chi connectivity index (χ0) is 15.6. The van der Waals surface area contributed by atoms with Gasteiger partial charge in [0.05, 0.1) is 18.4 Å². The SMILES string of the molecule is CC[C@@H](O)CCCC/C(C)=C\C([O-])=NCCS(=O)(=O)O. The third-order valence-corrected chi connectivity index (χ3v) is 3.51. The van der Waals surface area contributed by atoms with E-state index in [4.69, 9.17) is 4.55 Å². The standard InChI is InChI=1S/C13H25NO5S/c1-3-12(15)7-5-4-6-11(2)10-13(16)14-8-9-20(17,18)19/h10,12,15H,3-9H2,1-2H3,(H,14,16)(H,17,18,19)/p-1/b11-10-/t12-/m1/s1. The van der Waals surface area contributed by atoms with E-state index in [1.165, 1.54) is 6.08 Å². The first-order valence-electron chi connectivity index (χ1n) is 6.76. The zero-order valence-electron chi connectivity index (χ0n) is 12.1. The van der Waals surface area contributed by atoms with Crippen LogP contribution in [-0.2, 0) is 10.1 Å². The molecule has 0 aliphatic rings. The van der Waals surface area contributed by atoms with Crippen LogP contribution in [0.15, 0.2) is 16.6 Å². The highest BCUT2D eigenvalue weighted by atomic mass is 32.2. The fraction of sp³-hybridized carbons (Fsp3) is 0.769. The van der Waals surface area contributed by atoms with E-state index in [-0.39, 0.29) is 12.6 Å². The topological polar surface area (TPSA) is 110 Å². The lowest BCUT2D eigenvalue weighted by atomic mass is 10.1. The molecule has 0 fully saturated rings. The minimum absolute atomic E-state index is 0.232. The summed E-state index contributed by atoms with van der Waals surface area (Å²) in [6.07, 6.45) is 5.16. The number of unbranched alkanes of at least 4 members (excludes halogenated alkanes) is 1. The first kappa shape index (κ1) is 19.1. The highest BCUT2D eigenvalue weighted by Gasteiger charge is 2.02. The van der Waals surface area contributed by atoms with Crippen molar-refractivity contribution in [2.75, 3.05) is 12.3 Å². The average Bonchev–Trinajstić information content (AvgIpc) is 2.32. The van der Waals surface area contributed by atoms with Gasteiger partial charge in [0.1, 0.15) is 0 Å². The fourth-order valence-corrected chi connectivity index (χ4v) is 1.91. The van der Waals surface area contributed by atoms with Gasteiger partial charge in [-0.15, -0.1) is 0 Å².